The number of hydrogen-bond acceptors (Lipinski definition) is 2. The summed E-state index contributed by atoms with van der Waals surface area (Å²) in [7, 11) is 0. The van der Waals surface area contributed by atoms with E-state index in [1.165, 1.54) is 0 Å². The van der Waals surface area contributed by atoms with Crippen LogP contribution in [-0.2, 0) is 12.1 Å². The molecule has 1 aliphatic heterocycles. The van der Waals surface area contributed by atoms with E-state index in [2.05, 4.69) is 12.1 Å². The number of amides is 1. The van der Waals surface area contributed by atoms with E-state index in [0.717, 1.165) is 17.5 Å². The fourth-order valence-electron chi connectivity index (χ4n) is 4.34. The molecule has 0 radical (unpaired) electrons. The van der Waals surface area contributed by atoms with Gasteiger partial charge in [-0.1, -0.05) is 85.8 Å². The van der Waals surface area contributed by atoms with Crippen molar-refractivity contribution in [3.63, 3.8) is 0 Å². The van der Waals surface area contributed by atoms with Crippen molar-refractivity contribution in [3.8, 4) is 0 Å². The Kier molecular flexibility index (Phi) is 5.01. The summed E-state index contributed by atoms with van der Waals surface area (Å²) < 4.78 is 0. The Morgan fingerprint density at radius 3 is 2.18 bits per heavy atom. The Bertz CT molecular complexity index is 955. The second-order valence-corrected chi connectivity index (χ2v) is 7.38. The number of rotatable bonds is 6. The van der Waals surface area contributed by atoms with E-state index < -0.39 is 5.72 Å². The first-order valence-corrected chi connectivity index (χ1v) is 9.89. The maximum Gasteiger partial charge on any atom is 0.256 e. The van der Waals surface area contributed by atoms with E-state index in [-0.39, 0.29) is 11.8 Å². The lowest BCUT2D eigenvalue weighted by Gasteiger charge is -2.41. The Morgan fingerprint density at radius 1 is 0.893 bits per heavy atom. The van der Waals surface area contributed by atoms with Gasteiger partial charge >= 0.3 is 0 Å². The third-order valence-electron chi connectivity index (χ3n) is 5.63. The molecule has 0 aromatic heterocycles. The topological polar surface area (TPSA) is 40.5 Å². The van der Waals surface area contributed by atoms with Gasteiger partial charge in [0.05, 0.1) is 0 Å². The highest BCUT2D eigenvalue weighted by Crippen LogP contribution is 2.48. The smallest absolute Gasteiger partial charge is 0.256 e. The van der Waals surface area contributed by atoms with Crippen LogP contribution in [0, 0.1) is 0 Å². The normalized spacial score (nSPS) is 19.5. The molecule has 1 amide bonds. The summed E-state index contributed by atoms with van der Waals surface area (Å²) in [5, 5.41) is 12.2. The van der Waals surface area contributed by atoms with E-state index in [1.54, 1.807) is 4.90 Å². The van der Waals surface area contributed by atoms with Crippen molar-refractivity contribution in [2.24, 2.45) is 0 Å². The van der Waals surface area contributed by atoms with Gasteiger partial charge in [0.2, 0.25) is 0 Å². The molecule has 1 aliphatic rings. The predicted octanol–water partition coefficient (Wildman–Crippen LogP) is 4.72. The third kappa shape index (κ3) is 3.02. The molecule has 3 heteroatoms. The lowest BCUT2D eigenvalue weighted by molar-refractivity contribution is -0.105. The first-order valence-electron chi connectivity index (χ1n) is 9.89. The summed E-state index contributed by atoms with van der Waals surface area (Å²) in [4.78, 5) is 14.8. The zero-order valence-electron chi connectivity index (χ0n) is 16.1. The summed E-state index contributed by atoms with van der Waals surface area (Å²) >= 11 is 0. The minimum Gasteiger partial charge on any atom is -0.366 e. The summed E-state index contributed by atoms with van der Waals surface area (Å²) in [6.45, 7) is 2.55. The molecule has 0 spiro atoms. The van der Waals surface area contributed by atoms with E-state index >= 15 is 0 Å². The minimum atomic E-state index is -1.37. The van der Waals surface area contributed by atoms with Gasteiger partial charge in [-0.2, -0.15) is 0 Å². The van der Waals surface area contributed by atoms with Crippen LogP contribution in [0.5, 0.6) is 0 Å². The predicted molar refractivity (Wildman–Crippen MR) is 111 cm³/mol. The zero-order valence-corrected chi connectivity index (χ0v) is 16.1. The van der Waals surface area contributed by atoms with Crippen LogP contribution in [0.25, 0.3) is 0 Å². The molecular formula is C25H25NO2. The van der Waals surface area contributed by atoms with Crippen LogP contribution in [-0.4, -0.2) is 22.5 Å². The molecule has 0 saturated heterocycles. The highest BCUT2D eigenvalue weighted by molar-refractivity contribution is 5.99. The SMILES string of the molecule is CCCN1C(=O)c2ccccc2[C@]1(O)[C@H](Cc1ccccc1)c1ccccc1. The summed E-state index contributed by atoms with van der Waals surface area (Å²) in [5.74, 6) is -0.357. The van der Waals surface area contributed by atoms with Crippen molar-refractivity contribution < 1.29 is 9.90 Å². The van der Waals surface area contributed by atoms with E-state index in [0.29, 0.717) is 24.1 Å². The molecule has 0 aliphatic carbocycles. The first kappa shape index (κ1) is 18.5. The van der Waals surface area contributed by atoms with Crippen LogP contribution in [0.3, 0.4) is 0 Å². The van der Waals surface area contributed by atoms with Crippen LogP contribution >= 0.6 is 0 Å². The molecule has 4 rings (SSSR count). The molecule has 142 valence electrons. The fourth-order valence-corrected chi connectivity index (χ4v) is 4.34. The number of aliphatic hydroxyl groups is 1. The lowest BCUT2D eigenvalue weighted by Crippen LogP contribution is -2.49. The van der Waals surface area contributed by atoms with Crippen molar-refractivity contribution in [3.05, 3.63) is 107 Å². The Morgan fingerprint density at radius 2 is 1.50 bits per heavy atom. The van der Waals surface area contributed by atoms with Crippen LogP contribution in [0.4, 0.5) is 0 Å². The van der Waals surface area contributed by atoms with Crippen LogP contribution < -0.4 is 0 Å². The fraction of sp³-hybridized carbons (Fsp3) is 0.240. The van der Waals surface area contributed by atoms with Gasteiger partial charge in [0, 0.05) is 23.6 Å². The molecule has 3 aromatic carbocycles. The van der Waals surface area contributed by atoms with Gasteiger partial charge in [-0.25, -0.2) is 0 Å². The van der Waals surface area contributed by atoms with Gasteiger partial charge < -0.3 is 10.0 Å². The first-order chi connectivity index (χ1) is 13.7. The summed E-state index contributed by atoms with van der Waals surface area (Å²) in [6, 6.07) is 27.7. The van der Waals surface area contributed by atoms with Crippen LogP contribution in [0.1, 0.15) is 46.3 Å². The number of nitrogens with zero attached hydrogens (tertiary/aromatic N) is 1. The van der Waals surface area contributed by atoms with Crippen LogP contribution in [0.15, 0.2) is 84.9 Å². The standard InChI is InChI=1S/C25H25NO2/c1-2-17-26-24(27)21-15-9-10-16-22(21)25(26,28)23(20-13-7-4-8-14-20)18-19-11-5-3-6-12-19/h3-16,23,28H,2,17-18H2,1H3/t23-,25+/m1/s1. The molecule has 3 nitrogen and oxygen atoms in total. The monoisotopic (exact) mass is 371 g/mol. The average Bonchev–Trinajstić information content (AvgIpc) is 2.96. The lowest BCUT2D eigenvalue weighted by atomic mass is 9.79. The molecule has 0 bridgehead atoms. The molecule has 1 N–H and O–H groups in total. The maximum atomic E-state index is 13.2. The van der Waals surface area contributed by atoms with Gasteiger partial charge in [0.15, 0.2) is 5.72 Å². The molecule has 0 unspecified atom stereocenters. The molecule has 2 atom stereocenters. The molecule has 1 heterocycles. The molecular weight excluding hydrogens is 346 g/mol. The van der Waals surface area contributed by atoms with Gasteiger partial charge in [-0.05, 0) is 30.0 Å². The van der Waals surface area contributed by atoms with Gasteiger partial charge in [0.25, 0.3) is 5.91 Å². The molecule has 0 fully saturated rings. The van der Waals surface area contributed by atoms with Crippen molar-refractivity contribution in [1.82, 2.24) is 4.90 Å². The number of carbonyl (C=O) groups excluding carboxylic acids is 1. The van der Waals surface area contributed by atoms with Gasteiger partial charge in [0.1, 0.15) is 0 Å². The van der Waals surface area contributed by atoms with Crippen LogP contribution in [0.2, 0.25) is 0 Å². The van der Waals surface area contributed by atoms with Crippen molar-refractivity contribution in [1.29, 1.82) is 0 Å². The second kappa shape index (κ2) is 7.61. The van der Waals surface area contributed by atoms with Crippen molar-refractivity contribution >= 4 is 5.91 Å². The number of benzene rings is 3. The Labute approximate surface area is 166 Å². The van der Waals surface area contributed by atoms with Crippen molar-refractivity contribution in [2.45, 2.75) is 31.4 Å². The number of hydrogen-bond donors (Lipinski definition) is 1. The highest BCUT2D eigenvalue weighted by Gasteiger charge is 2.53. The maximum absolute atomic E-state index is 13.2. The zero-order chi connectivity index (χ0) is 19.6. The summed E-state index contributed by atoms with van der Waals surface area (Å²) in [6.07, 6.45) is 1.43. The molecule has 28 heavy (non-hydrogen) atoms. The average molecular weight is 371 g/mol. The van der Waals surface area contributed by atoms with E-state index in [9.17, 15) is 9.90 Å². The Balaban J connectivity index is 1.89. The van der Waals surface area contributed by atoms with E-state index in [4.69, 9.17) is 0 Å². The van der Waals surface area contributed by atoms with Crippen molar-refractivity contribution in [2.75, 3.05) is 6.54 Å². The minimum absolute atomic E-state index is 0.0889. The number of carbonyl (C=O) groups is 1. The highest BCUT2D eigenvalue weighted by atomic mass is 16.3. The van der Waals surface area contributed by atoms with E-state index in [1.807, 2.05) is 79.7 Å². The summed E-state index contributed by atoms with van der Waals surface area (Å²) in [5.41, 5.74) is 2.10. The van der Waals surface area contributed by atoms with Gasteiger partial charge in [-0.3, -0.25) is 4.79 Å². The molecule has 3 aromatic rings. The third-order valence-corrected chi connectivity index (χ3v) is 5.63. The number of fused-ring (bicyclic) bond motifs is 1. The molecule has 0 saturated carbocycles. The second-order valence-electron chi connectivity index (χ2n) is 7.38. The quantitative estimate of drug-likeness (QED) is 0.681. The van der Waals surface area contributed by atoms with Gasteiger partial charge in [-0.15, -0.1) is 0 Å². The largest absolute Gasteiger partial charge is 0.366 e. The Hall–Kier alpha value is -2.91.